The van der Waals surface area contributed by atoms with Gasteiger partial charge < -0.3 is 24.4 Å². The van der Waals surface area contributed by atoms with E-state index in [1.54, 1.807) is 7.11 Å². The number of aryl methyl sites for hydroxylation is 2. The molecule has 9 heteroatoms. The highest BCUT2D eigenvalue weighted by molar-refractivity contribution is 5.79. The summed E-state index contributed by atoms with van der Waals surface area (Å²) in [6, 6.07) is 11.5. The third-order valence-corrected chi connectivity index (χ3v) is 7.67. The van der Waals surface area contributed by atoms with Gasteiger partial charge in [0.1, 0.15) is 5.75 Å². The van der Waals surface area contributed by atoms with E-state index in [1.165, 1.54) is 0 Å². The molecule has 0 aliphatic carbocycles. The Labute approximate surface area is 229 Å². The quantitative estimate of drug-likeness (QED) is 0.553. The van der Waals surface area contributed by atoms with Crippen LogP contribution in [0.2, 0.25) is 0 Å². The molecule has 6 rings (SSSR count). The lowest BCUT2D eigenvalue weighted by Gasteiger charge is -2.38. The van der Waals surface area contributed by atoms with Crippen molar-refractivity contribution in [3.8, 4) is 17.2 Å². The molecule has 0 radical (unpaired) electrons. The summed E-state index contributed by atoms with van der Waals surface area (Å²) in [5.41, 5.74) is 6.21. The number of methoxy groups -OCH3 is 1. The molecule has 0 spiro atoms. The predicted molar refractivity (Wildman–Crippen MR) is 146 cm³/mol. The number of hydrogen-bond acceptors (Lipinski definition) is 6. The average Bonchev–Trinajstić information content (AvgIpc) is 3.18. The largest absolute Gasteiger partial charge is 0.494 e. The molecule has 1 atom stereocenters. The van der Waals surface area contributed by atoms with Crippen LogP contribution >= 0.6 is 0 Å². The van der Waals surface area contributed by atoms with E-state index >= 15 is 0 Å². The first-order valence-electron chi connectivity index (χ1n) is 13.5. The fourth-order valence-corrected chi connectivity index (χ4v) is 5.54. The fraction of sp³-hybridized carbons (Fsp3) is 0.433. The summed E-state index contributed by atoms with van der Waals surface area (Å²) in [6.45, 7) is 5.46. The van der Waals surface area contributed by atoms with E-state index in [0.29, 0.717) is 56.9 Å². The van der Waals surface area contributed by atoms with E-state index in [0.717, 1.165) is 39.4 Å². The molecular weight excluding hydrogens is 496 g/mol. The summed E-state index contributed by atoms with van der Waals surface area (Å²) in [6.07, 6.45) is 2.37. The summed E-state index contributed by atoms with van der Waals surface area (Å²) in [5, 5.41) is 7.37. The van der Waals surface area contributed by atoms with Gasteiger partial charge in [-0.3, -0.25) is 14.3 Å². The second-order valence-electron chi connectivity index (χ2n) is 10.1. The Hall–Kier alpha value is -4.01. The Morgan fingerprint density at radius 1 is 1.21 bits per heavy atom. The number of benzene rings is 2. The van der Waals surface area contributed by atoms with E-state index in [-0.39, 0.29) is 24.5 Å². The van der Waals surface area contributed by atoms with Crippen molar-refractivity contribution in [3.63, 3.8) is 0 Å². The Balaban J connectivity index is 1.53. The molecule has 2 aromatic carbocycles. The number of ether oxygens (including phenoxy) is 3. The number of nitrogens with zero attached hydrogens (tertiary/aromatic N) is 3. The zero-order valence-corrected chi connectivity index (χ0v) is 23.1. The summed E-state index contributed by atoms with van der Waals surface area (Å²) in [5.74, 6) is 1.68. The molecule has 3 aromatic rings. The van der Waals surface area contributed by atoms with Crippen molar-refractivity contribution in [1.29, 1.82) is 0 Å². The van der Waals surface area contributed by atoms with Crippen LogP contribution in [0.5, 0.6) is 17.2 Å². The van der Waals surface area contributed by atoms with Crippen LogP contribution in [0.1, 0.15) is 52.5 Å². The first-order valence-corrected chi connectivity index (χ1v) is 13.5. The molecule has 0 saturated carbocycles. The zero-order valence-electron chi connectivity index (χ0n) is 23.1. The number of rotatable bonds is 4. The van der Waals surface area contributed by atoms with Gasteiger partial charge in [-0.05, 0) is 79.6 Å². The minimum Gasteiger partial charge on any atom is -0.494 e. The maximum Gasteiger partial charge on any atom is 0.257 e. The molecule has 39 heavy (non-hydrogen) atoms. The van der Waals surface area contributed by atoms with Crippen LogP contribution in [0.25, 0.3) is 0 Å². The lowest BCUT2D eigenvalue weighted by atomic mass is 9.87. The van der Waals surface area contributed by atoms with Gasteiger partial charge >= 0.3 is 0 Å². The van der Waals surface area contributed by atoms with Gasteiger partial charge in [-0.15, -0.1) is 0 Å². The molecule has 9 nitrogen and oxygen atoms in total. The maximum atomic E-state index is 13.8. The number of carbonyl (C=O) groups is 2. The molecule has 3 aliphatic rings. The Morgan fingerprint density at radius 3 is 2.82 bits per heavy atom. The van der Waals surface area contributed by atoms with Crippen molar-refractivity contribution < 1.29 is 23.8 Å². The van der Waals surface area contributed by atoms with Gasteiger partial charge in [0, 0.05) is 32.3 Å². The number of amides is 2. The van der Waals surface area contributed by atoms with Crippen molar-refractivity contribution >= 4 is 11.8 Å². The van der Waals surface area contributed by atoms with Crippen LogP contribution in [0.4, 0.5) is 0 Å². The molecule has 1 unspecified atom stereocenters. The minimum absolute atomic E-state index is 0.0880. The molecule has 6 bridgehead atoms. The Kier molecular flexibility index (Phi) is 7.77. The van der Waals surface area contributed by atoms with Crippen LogP contribution in [-0.4, -0.2) is 59.9 Å². The van der Waals surface area contributed by atoms with Gasteiger partial charge in [-0.25, -0.2) is 0 Å². The van der Waals surface area contributed by atoms with Crippen LogP contribution in [0.3, 0.4) is 0 Å². The second-order valence-corrected chi connectivity index (χ2v) is 10.1. The Morgan fingerprint density at radius 2 is 2.05 bits per heavy atom. The summed E-state index contributed by atoms with van der Waals surface area (Å²) < 4.78 is 19.4. The fourth-order valence-electron chi connectivity index (χ4n) is 5.54. The highest BCUT2D eigenvalue weighted by Crippen LogP contribution is 2.42. The maximum absolute atomic E-state index is 13.8. The van der Waals surface area contributed by atoms with Crippen molar-refractivity contribution in [3.05, 3.63) is 70.0 Å². The molecule has 4 heterocycles. The van der Waals surface area contributed by atoms with Crippen molar-refractivity contribution in [2.75, 3.05) is 33.4 Å². The van der Waals surface area contributed by atoms with E-state index in [2.05, 4.69) is 10.4 Å². The predicted octanol–water partition coefficient (Wildman–Crippen LogP) is 3.43. The monoisotopic (exact) mass is 532 g/mol. The van der Waals surface area contributed by atoms with Gasteiger partial charge in [-0.2, -0.15) is 5.10 Å². The molecular formula is C30H36N4O5. The van der Waals surface area contributed by atoms with Gasteiger partial charge in [0.2, 0.25) is 5.91 Å². The Bertz CT molecular complexity index is 1380. The summed E-state index contributed by atoms with van der Waals surface area (Å²) >= 11 is 0. The van der Waals surface area contributed by atoms with E-state index in [1.807, 2.05) is 66.9 Å². The summed E-state index contributed by atoms with van der Waals surface area (Å²) in [7, 11) is 3.52. The molecule has 2 amide bonds. The van der Waals surface area contributed by atoms with Crippen LogP contribution in [0, 0.1) is 13.8 Å². The third kappa shape index (κ3) is 5.57. The first kappa shape index (κ1) is 26.6. The zero-order chi connectivity index (χ0) is 27.5. The standard InChI is InChI=1S/C30H36N4O5/c1-19-24(20(2)33(3)32-19)9-10-29(36)34-13-11-21-16-27-26(37-4)17-25(21)30(34)22-7-5-8-23(15-22)38-14-6-12-31-28(35)18-39-27/h5,7-8,15-17,30H,6,9-14,18H2,1-4H3,(H,31,35). The minimum atomic E-state index is -0.306. The van der Waals surface area contributed by atoms with E-state index in [9.17, 15) is 9.59 Å². The average molecular weight is 533 g/mol. The van der Waals surface area contributed by atoms with Crippen molar-refractivity contribution in [1.82, 2.24) is 20.0 Å². The molecule has 1 N–H and O–H groups in total. The van der Waals surface area contributed by atoms with Gasteiger partial charge in [0.15, 0.2) is 18.1 Å². The van der Waals surface area contributed by atoms with Crippen molar-refractivity contribution in [2.24, 2.45) is 7.05 Å². The number of fused-ring (bicyclic) bond motifs is 8. The number of hydrogen-bond donors (Lipinski definition) is 1. The van der Waals surface area contributed by atoms with Crippen LogP contribution < -0.4 is 19.5 Å². The van der Waals surface area contributed by atoms with E-state index < -0.39 is 0 Å². The second kappa shape index (κ2) is 11.4. The lowest BCUT2D eigenvalue weighted by Crippen LogP contribution is -2.40. The number of nitrogens with one attached hydrogen (secondary N) is 1. The molecule has 3 aliphatic heterocycles. The topological polar surface area (TPSA) is 94.9 Å². The highest BCUT2D eigenvalue weighted by atomic mass is 16.5. The molecule has 206 valence electrons. The lowest BCUT2D eigenvalue weighted by molar-refractivity contribution is -0.133. The number of carbonyl (C=O) groups excluding carboxylic acids is 2. The molecule has 1 aromatic heterocycles. The van der Waals surface area contributed by atoms with Crippen LogP contribution in [0.15, 0.2) is 36.4 Å². The number of aromatic nitrogens is 2. The first-order chi connectivity index (χ1) is 18.9. The SMILES string of the molecule is COc1cc2c3cc1OCC(=O)NCCCOc1cccc(c1)C2N(C(=O)CCc1c(C)nn(C)c1C)CC3. The van der Waals surface area contributed by atoms with Gasteiger partial charge in [0.05, 0.1) is 25.5 Å². The normalized spacial score (nSPS) is 17.3. The molecule has 0 fully saturated rings. The summed E-state index contributed by atoms with van der Waals surface area (Å²) in [4.78, 5) is 28.1. The highest BCUT2D eigenvalue weighted by Gasteiger charge is 2.34. The van der Waals surface area contributed by atoms with Gasteiger partial charge in [0.25, 0.3) is 5.91 Å². The van der Waals surface area contributed by atoms with Crippen molar-refractivity contribution in [2.45, 2.75) is 45.6 Å². The smallest absolute Gasteiger partial charge is 0.257 e. The molecule has 0 saturated heterocycles. The third-order valence-electron chi connectivity index (χ3n) is 7.67. The van der Waals surface area contributed by atoms with E-state index in [4.69, 9.17) is 14.2 Å². The van der Waals surface area contributed by atoms with Crippen LogP contribution in [-0.2, 0) is 29.5 Å². The van der Waals surface area contributed by atoms with Gasteiger partial charge in [-0.1, -0.05) is 12.1 Å².